The third-order valence-corrected chi connectivity index (χ3v) is 3.70. The normalized spacial score (nSPS) is 10.7. The van der Waals surface area contributed by atoms with Gasteiger partial charge in [0, 0.05) is 34.2 Å². The Morgan fingerprint density at radius 1 is 1.36 bits per heavy atom. The average Bonchev–Trinajstić information content (AvgIpc) is 2.74. The fourth-order valence-electron chi connectivity index (χ4n) is 1.22. The molecule has 0 unspecified atom stereocenters. The van der Waals surface area contributed by atoms with Gasteiger partial charge in [0.1, 0.15) is 5.01 Å². The summed E-state index contributed by atoms with van der Waals surface area (Å²) in [4.78, 5) is 5.75. The molecule has 0 saturated heterocycles. The molecule has 0 aliphatic heterocycles. The van der Waals surface area contributed by atoms with Gasteiger partial charge in [0.25, 0.3) is 0 Å². The standard InChI is InChI=1S/C10H11NOS2/c1-7-4-8(5-13-7)10-11-9(2-3-12)6-14-10/h4-6,12H,2-3H2,1H3. The van der Waals surface area contributed by atoms with Crippen LogP contribution >= 0.6 is 22.7 Å². The highest BCUT2D eigenvalue weighted by molar-refractivity contribution is 7.14. The fourth-order valence-corrected chi connectivity index (χ4v) is 2.83. The number of hydrogen-bond donors (Lipinski definition) is 1. The van der Waals surface area contributed by atoms with Gasteiger partial charge in [-0.3, -0.25) is 0 Å². The molecule has 0 saturated carbocycles. The van der Waals surface area contributed by atoms with Crippen LogP contribution < -0.4 is 0 Å². The largest absolute Gasteiger partial charge is 0.396 e. The predicted octanol–water partition coefficient (Wildman–Crippen LogP) is 2.71. The van der Waals surface area contributed by atoms with E-state index in [0.29, 0.717) is 6.42 Å². The first kappa shape index (κ1) is 9.83. The molecule has 0 atom stereocenters. The topological polar surface area (TPSA) is 33.1 Å². The van der Waals surface area contributed by atoms with Crippen molar-refractivity contribution < 1.29 is 5.11 Å². The van der Waals surface area contributed by atoms with Crippen LogP contribution in [0.3, 0.4) is 0 Å². The van der Waals surface area contributed by atoms with Crippen molar-refractivity contribution in [1.82, 2.24) is 4.98 Å². The molecule has 0 radical (unpaired) electrons. The van der Waals surface area contributed by atoms with E-state index in [1.165, 1.54) is 10.4 Å². The minimum Gasteiger partial charge on any atom is -0.396 e. The predicted molar refractivity (Wildman–Crippen MR) is 61.0 cm³/mol. The summed E-state index contributed by atoms with van der Waals surface area (Å²) in [5.74, 6) is 0. The van der Waals surface area contributed by atoms with E-state index in [-0.39, 0.29) is 6.61 Å². The van der Waals surface area contributed by atoms with Crippen LogP contribution in [0.2, 0.25) is 0 Å². The first-order valence-corrected chi connectivity index (χ1v) is 6.16. The van der Waals surface area contributed by atoms with Gasteiger partial charge in [0.05, 0.1) is 5.69 Å². The Kier molecular flexibility index (Phi) is 2.96. The zero-order valence-corrected chi connectivity index (χ0v) is 9.49. The highest BCUT2D eigenvalue weighted by Gasteiger charge is 2.05. The lowest BCUT2D eigenvalue weighted by molar-refractivity contribution is 0.298. The second kappa shape index (κ2) is 4.21. The lowest BCUT2D eigenvalue weighted by Crippen LogP contribution is -1.89. The SMILES string of the molecule is Cc1cc(-c2nc(CCO)cs2)cs1. The molecular formula is C10H11NOS2. The summed E-state index contributed by atoms with van der Waals surface area (Å²) in [5, 5.41) is 14.0. The number of thiazole rings is 1. The van der Waals surface area contributed by atoms with Crippen molar-refractivity contribution in [3.05, 3.63) is 27.4 Å². The average molecular weight is 225 g/mol. The molecule has 2 aromatic rings. The summed E-state index contributed by atoms with van der Waals surface area (Å²) in [6, 6.07) is 2.15. The van der Waals surface area contributed by atoms with Gasteiger partial charge in [-0.25, -0.2) is 4.98 Å². The Labute approximate surface area is 90.9 Å². The van der Waals surface area contributed by atoms with Crippen molar-refractivity contribution in [3.63, 3.8) is 0 Å². The van der Waals surface area contributed by atoms with Crippen molar-refractivity contribution in [1.29, 1.82) is 0 Å². The Bertz CT molecular complexity index is 419. The van der Waals surface area contributed by atoms with E-state index in [1.807, 2.05) is 5.38 Å². The number of aliphatic hydroxyl groups excluding tert-OH is 1. The summed E-state index contributed by atoms with van der Waals surface area (Å²) in [6.07, 6.45) is 0.652. The summed E-state index contributed by atoms with van der Waals surface area (Å²) in [7, 11) is 0. The number of hydrogen-bond acceptors (Lipinski definition) is 4. The quantitative estimate of drug-likeness (QED) is 0.871. The molecule has 2 nitrogen and oxygen atoms in total. The van der Waals surface area contributed by atoms with Crippen molar-refractivity contribution in [2.75, 3.05) is 6.61 Å². The van der Waals surface area contributed by atoms with Crippen LogP contribution in [0.4, 0.5) is 0 Å². The second-order valence-electron chi connectivity index (χ2n) is 3.06. The monoisotopic (exact) mass is 225 g/mol. The van der Waals surface area contributed by atoms with Gasteiger partial charge < -0.3 is 5.11 Å². The summed E-state index contributed by atoms with van der Waals surface area (Å²) in [6.45, 7) is 2.27. The first-order valence-electron chi connectivity index (χ1n) is 4.40. The van der Waals surface area contributed by atoms with Gasteiger partial charge in [0.15, 0.2) is 0 Å². The Hall–Kier alpha value is -0.710. The molecular weight excluding hydrogens is 214 g/mol. The van der Waals surface area contributed by atoms with Crippen molar-refractivity contribution in [2.45, 2.75) is 13.3 Å². The number of aliphatic hydroxyl groups is 1. The molecule has 1 N–H and O–H groups in total. The smallest absolute Gasteiger partial charge is 0.124 e. The molecule has 0 fully saturated rings. The van der Waals surface area contributed by atoms with Crippen LogP contribution in [0, 0.1) is 6.92 Å². The van der Waals surface area contributed by atoms with Crippen molar-refractivity contribution in [3.8, 4) is 10.6 Å². The molecule has 2 rings (SSSR count). The first-order chi connectivity index (χ1) is 6.79. The van der Waals surface area contributed by atoms with Gasteiger partial charge in [-0.05, 0) is 13.0 Å². The molecule has 0 spiro atoms. The van der Waals surface area contributed by atoms with Crippen LogP contribution in [0.15, 0.2) is 16.8 Å². The maximum absolute atomic E-state index is 8.77. The number of rotatable bonds is 3. The third kappa shape index (κ3) is 2.03. The minimum atomic E-state index is 0.172. The van der Waals surface area contributed by atoms with Crippen molar-refractivity contribution >= 4 is 22.7 Å². The lowest BCUT2D eigenvalue weighted by atomic mass is 10.3. The molecule has 0 aliphatic carbocycles. The number of aromatic nitrogens is 1. The zero-order chi connectivity index (χ0) is 9.97. The van der Waals surface area contributed by atoms with E-state index >= 15 is 0 Å². The molecule has 0 bridgehead atoms. The zero-order valence-electron chi connectivity index (χ0n) is 7.86. The van der Waals surface area contributed by atoms with Crippen LogP contribution in [-0.2, 0) is 6.42 Å². The summed E-state index contributed by atoms with van der Waals surface area (Å²) >= 11 is 3.38. The maximum atomic E-state index is 8.77. The number of thiophene rings is 1. The maximum Gasteiger partial charge on any atom is 0.124 e. The second-order valence-corrected chi connectivity index (χ2v) is 5.04. The lowest BCUT2D eigenvalue weighted by Gasteiger charge is -1.89. The van der Waals surface area contributed by atoms with E-state index in [4.69, 9.17) is 5.11 Å². The molecule has 2 heterocycles. The highest BCUT2D eigenvalue weighted by atomic mass is 32.1. The Balaban J connectivity index is 2.24. The van der Waals surface area contributed by atoms with Crippen LogP contribution in [0.1, 0.15) is 10.6 Å². The Morgan fingerprint density at radius 3 is 2.86 bits per heavy atom. The minimum absolute atomic E-state index is 0.172. The van der Waals surface area contributed by atoms with Gasteiger partial charge >= 0.3 is 0 Å². The van der Waals surface area contributed by atoms with Gasteiger partial charge in [0.2, 0.25) is 0 Å². The Morgan fingerprint density at radius 2 is 2.21 bits per heavy atom. The molecule has 0 aromatic carbocycles. The molecule has 74 valence electrons. The molecule has 0 aliphatic rings. The van der Waals surface area contributed by atoms with E-state index in [9.17, 15) is 0 Å². The van der Waals surface area contributed by atoms with Crippen LogP contribution in [0.5, 0.6) is 0 Å². The van der Waals surface area contributed by atoms with E-state index < -0.39 is 0 Å². The third-order valence-electron chi connectivity index (χ3n) is 1.90. The van der Waals surface area contributed by atoms with Crippen molar-refractivity contribution in [2.24, 2.45) is 0 Å². The molecule has 4 heteroatoms. The van der Waals surface area contributed by atoms with E-state index in [0.717, 1.165) is 10.7 Å². The molecule has 0 amide bonds. The summed E-state index contributed by atoms with van der Waals surface area (Å²) < 4.78 is 0. The van der Waals surface area contributed by atoms with Crippen LogP contribution in [-0.4, -0.2) is 16.7 Å². The number of aryl methyl sites for hydroxylation is 1. The molecule has 2 aromatic heterocycles. The van der Waals surface area contributed by atoms with Gasteiger partial charge in [-0.15, -0.1) is 22.7 Å². The fraction of sp³-hybridized carbons (Fsp3) is 0.300. The van der Waals surface area contributed by atoms with Gasteiger partial charge in [-0.1, -0.05) is 0 Å². The highest BCUT2D eigenvalue weighted by Crippen LogP contribution is 2.27. The number of nitrogens with zero attached hydrogens (tertiary/aromatic N) is 1. The molecule has 14 heavy (non-hydrogen) atoms. The van der Waals surface area contributed by atoms with Crippen LogP contribution in [0.25, 0.3) is 10.6 Å². The van der Waals surface area contributed by atoms with E-state index in [1.54, 1.807) is 22.7 Å². The summed E-state index contributed by atoms with van der Waals surface area (Å²) in [5.41, 5.74) is 2.18. The van der Waals surface area contributed by atoms with Gasteiger partial charge in [-0.2, -0.15) is 0 Å². The van der Waals surface area contributed by atoms with E-state index in [2.05, 4.69) is 23.4 Å².